The number of rotatable bonds is 7. The third-order valence-corrected chi connectivity index (χ3v) is 10.7. The van der Waals surface area contributed by atoms with Crippen molar-refractivity contribution in [3.8, 4) is 5.75 Å². The molecule has 0 bridgehead atoms. The molecule has 4 aliphatic rings. The summed E-state index contributed by atoms with van der Waals surface area (Å²) in [4.78, 5) is 51.0. The van der Waals surface area contributed by atoms with Gasteiger partial charge in [-0.15, -0.1) is 23.2 Å². The topological polar surface area (TPSA) is 104 Å². The standard InChI is InChI=1S/C31H25Cl2F5N2O6/c1-2-9-39-26(42)16-8-7-15-17(18(16)27(39)43)12-30(32)28(44)40(25-23(37)21(35)20(34)22(36)24(25)38)29(45)31(30,33)19(15)13-3-5-14(6-4-13)46-11-10-41/h3-7,16-19,41H,2,8-12H2,1H3. The molecule has 4 amide bonds. The van der Waals surface area contributed by atoms with Crippen molar-refractivity contribution in [2.75, 3.05) is 24.7 Å². The van der Waals surface area contributed by atoms with E-state index in [1.165, 1.54) is 24.3 Å². The van der Waals surface area contributed by atoms with Crippen molar-refractivity contribution < 1.29 is 51.0 Å². The number of fused-ring (bicyclic) bond motifs is 4. The van der Waals surface area contributed by atoms with Gasteiger partial charge in [0.15, 0.2) is 33.0 Å². The largest absolute Gasteiger partial charge is 0.491 e. The van der Waals surface area contributed by atoms with E-state index in [9.17, 15) is 32.3 Å². The highest BCUT2D eigenvalue weighted by Gasteiger charge is 2.77. The van der Waals surface area contributed by atoms with Gasteiger partial charge >= 0.3 is 0 Å². The minimum absolute atomic E-state index is 0.0441. The number of ether oxygens (including phenoxy) is 1. The molecule has 244 valence electrons. The Morgan fingerprint density at radius 3 is 2.09 bits per heavy atom. The Hall–Kier alpha value is -3.55. The molecule has 1 N–H and O–H groups in total. The molecule has 2 aliphatic heterocycles. The highest BCUT2D eigenvalue weighted by molar-refractivity contribution is 6.58. The number of likely N-dealkylation sites (tertiary alicyclic amines) is 1. The molecule has 0 radical (unpaired) electrons. The summed E-state index contributed by atoms with van der Waals surface area (Å²) in [6, 6.07) is 5.87. The van der Waals surface area contributed by atoms with Gasteiger partial charge in [0.2, 0.25) is 17.6 Å². The first-order valence-electron chi connectivity index (χ1n) is 14.4. The van der Waals surface area contributed by atoms with Gasteiger partial charge in [-0.3, -0.25) is 24.1 Å². The summed E-state index contributed by atoms with van der Waals surface area (Å²) in [5.41, 5.74) is -1.23. The van der Waals surface area contributed by atoms with E-state index in [4.69, 9.17) is 33.0 Å². The molecule has 2 saturated heterocycles. The minimum atomic E-state index is -2.59. The van der Waals surface area contributed by atoms with Crippen LogP contribution in [0.3, 0.4) is 0 Å². The lowest BCUT2D eigenvalue weighted by atomic mass is 9.56. The van der Waals surface area contributed by atoms with Crippen LogP contribution in [0, 0.1) is 46.8 Å². The second-order valence-electron chi connectivity index (χ2n) is 11.7. The minimum Gasteiger partial charge on any atom is -0.491 e. The fourth-order valence-electron chi connectivity index (χ4n) is 7.37. The molecular formula is C31H25Cl2F5N2O6. The van der Waals surface area contributed by atoms with E-state index in [1.807, 2.05) is 0 Å². The van der Waals surface area contributed by atoms with Crippen molar-refractivity contribution in [2.24, 2.45) is 17.8 Å². The second-order valence-corrected chi connectivity index (χ2v) is 12.9. The Labute approximate surface area is 268 Å². The number of alkyl halides is 2. The van der Waals surface area contributed by atoms with E-state index in [2.05, 4.69) is 0 Å². The average molecular weight is 687 g/mol. The predicted molar refractivity (Wildman–Crippen MR) is 152 cm³/mol. The number of allylic oxidation sites excluding steroid dienone is 2. The van der Waals surface area contributed by atoms with Gasteiger partial charge in [-0.1, -0.05) is 30.7 Å². The van der Waals surface area contributed by atoms with Crippen molar-refractivity contribution in [3.63, 3.8) is 0 Å². The van der Waals surface area contributed by atoms with Crippen LogP contribution in [0.5, 0.6) is 5.75 Å². The van der Waals surface area contributed by atoms with Crippen LogP contribution in [0.1, 0.15) is 37.7 Å². The lowest BCUT2D eigenvalue weighted by Crippen LogP contribution is -2.60. The van der Waals surface area contributed by atoms with Gasteiger partial charge in [-0.2, -0.15) is 0 Å². The third kappa shape index (κ3) is 4.20. The number of aliphatic hydroxyl groups is 1. The smallest absolute Gasteiger partial charge is 0.258 e. The number of benzene rings is 2. The van der Waals surface area contributed by atoms with Gasteiger partial charge in [0.05, 0.1) is 18.4 Å². The first-order valence-corrected chi connectivity index (χ1v) is 15.2. The lowest BCUT2D eigenvalue weighted by molar-refractivity contribution is -0.140. The van der Waals surface area contributed by atoms with Crippen LogP contribution in [0.2, 0.25) is 0 Å². The second kappa shape index (κ2) is 11.3. The molecule has 6 atom stereocenters. The number of nitrogens with zero attached hydrogens (tertiary/aromatic N) is 2. The van der Waals surface area contributed by atoms with Crippen molar-refractivity contribution in [1.29, 1.82) is 0 Å². The molecule has 0 spiro atoms. The Morgan fingerprint density at radius 1 is 0.891 bits per heavy atom. The molecule has 2 aliphatic carbocycles. The number of imide groups is 2. The Morgan fingerprint density at radius 2 is 1.50 bits per heavy atom. The predicted octanol–water partition coefficient (Wildman–Crippen LogP) is 4.73. The zero-order valence-corrected chi connectivity index (χ0v) is 25.5. The fourth-order valence-corrected chi connectivity index (χ4v) is 8.30. The first-order chi connectivity index (χ1) is 21.8. The molecule has 15 heteroatoms. The molecular weight excluding hydrogens is 662 g/mol. The molecule has 2 aromatic carbocycles. The van der Waals surface area contributed by atoms with Gasteiger partial charge in [-0.05, 0) is 42.9 Å². The van der Waals surface area contributed by atoms with E-state index in [0.29, 0.717) is 17.7 Å². The van der Waals surface area contributed by atoms with Gasteiger partial charge in [-0.25, -0.2) is 26.9 Å². The molecule has 3 fully saturated rings. The first kappa shape index (κ1) is 32.4. The molecule has 6 rings (SSSR count). The Kier molecular flexibility index (Phi) is 7.96. The van der Waals surface area contributed by atoms with Gasteiger partial charge in [0, 0.05) is 12.5 Å². The van der Waals surface area contributed by atoms with Crippen molar-refractivity contribution >= 4 is 52.5 Å². The monoisotopic (exact) mass is 686 g/mol. The number of hydrogen-bond acceptors (Lipinski definition) is 6. The Bertz CT molecular complexity index is 1690. The summed E-state index contributed by atoms with van der Waals surface area (Å²) in [6.07, 6.45) is 1.62. The van der Waals surface area contributed by atoms with Gasteiger partial charge < -0.3 is 9.84 Å². The molecule has 0 aromatic heterocycles. The zero-order valence-electron chi connectivity index (χ0n) is 24.0. The van der Waals surface area contributed by atoms with E-state index in [1.54, 1.807) is 13.0 Å². The molecule has 6 unspecified atom stereocenters. The number of anilines is 1. The van der Waals surface area contributed by atoms with Crippen LogP contribution in [-0.2, 0) is 19.2 Å². The molecule has 1 saturated carbocycles. The van der Waals surface area contributed by atoms with Crippen LogP contribution >= 0.6 is 23.2 Å². The summed E-state index contributed by atoms with van der Waals surface area (Å²) >= 11 is 14.1. The number of hydrogen-bond donors (Lipinski definition) is 1. The number of amides is 4. The maximum absolute atomic E-state index is 15.1. The SMILES string of the molecule is CCCN1C(=O)C2CC=C3C(CC4(Cl)C(=O)N(c5c(F)c(F)c(F)c(F)c5F)C(=O)C4(Cl)C3c3ccc(OCCO)cc3)C2C1=O. The number of aliphatic hydroxyl groups excluding tert-OH is 1. The quantitative estimate of drug-likeness (QED) is 0.113. The molecule has 2 heterocycles. The number of halogens is 7. The van der Waals surface area contributed by atoms with Crippen molar-refractivity contribution in [3.05, 3.63) is 70.6 Å². The van der Waals surface area contributed by atoms with Crippen molar-refractivity contribution in [1.82, 2.24) is 4.90 Å². The maximum Gasteiger partial charge on any atom is 0.258 e. The van der Waals surface area contributed by atoms with E-state index < -0.39 is 98.2 Å². The molecule has 8 nitrogen and oxygen atoms in total. The fraction of sp³-hybridized carbons (Fsp3) is 0.419. The summed E-state index contributed by atoms with van der Waals surface area (Å²) in [7, 11) is 0. The third-order valence-electron chi connectivity index (χ3n) is 9.33. The average Bonchev–Trinajstić information content (AvgIpc) is 3.37. The lowest BCUT2D eigenvalue weighted by Gasteiger charge is -2.50. The van der Waals surface area contributed by atoms with Crippen LogP contribution in [0.4, 0.5) is 27.6 Å². The van der Waals surface area contributed by atoms with E-state index >= 15 is 8.78 Å². The van der Waals surface area contributed by atoms with Crippen molar-refractivity contribution in [2.45, 2.75) is 41.9 Å². The summed E-state index contributed by atoms with van der Waals surface area (Å²) in [5.74, 6) is -20.1. The molecule has 2 aromatic rings. The highest BCUT2D eigenvalue weighted by Crippen LogP contribution is 2.66. The van der Waals surface area contributed by atoms with E-state index in [-0.39, 0.29) is 36.6 Å². The Balaban J connectivity index is 1.55. The zero-order chi connectivity index (χ0) is 33.5. The summed E-state index contributed by atoms with van der Waals surface area (Å²) in [5, 5.41) is 9.09. The molecule has 46 heavy (non-hydrogen) atoms. The van der Waals surface area contributed by atoms with E-state index in [0.717, 1.165) is 4.90 Å². The summed E-state index contributed by atoms with van der Waals surface area (Å²) in [6.45, 7) is 1.59. The normalized spacial score (nSPS) is 30.4. The van der Waals surface area contributed by atoms with Crippen LogP contribution in [-0.4, -0.2) is 63.1 Å². The number of carbonyl (C=O) groups excluding carboxylic acids is 4. The summed E-state index contributed by atoms with van der Waals surface area (Å²) < 4.78 is 78.2. The number of carbonyl (C=O) groups is 4. The van der Waals surface area contributed by atoms with Gasteiger partial charge in [0.25, 0.3) is 11.8 Å². The van der Waals surface area contributed by atoms with Gasteiger partial charge in [0.1, 0.15) is 18.0 Å². The highest BCUT2D eigenvalue weighted by atomic mass is 35.5. The van der Waals surface area contributed by atoms with Crippen LogP contribution in [0.15, 0.2) is 35.9 Å². The maximum atomic E-state index is 15.1. The van der Waals surface area contributed by atoms with Crippen LogP contribution < -0.4 is 9.64 Å². The van der Waals surface area contributed by atoms with Crippen LogP contribution in [0.25, 0.3) is 0 Å².